The van der Waals surface area contributed by atoms with Gasteiger partial charge in [0.25, 0.3) is 0 Å². The topological polar surface area (TPSA) is 69.6 Å². The number of imidazole rings is 1. The summed E-state index contributed by atoms with van der Waals surface area (Å²) in [7, 11) is -1.34. The second kappa shape index (κ2) is 18.2. The van der Waals surface area contributed by atoms with Crippen LogP contribution in [0.2, 0.25) is 19.6 Å². The van der Waals surface area contributed by atoms with Crippen LogP contribution in [0.4, 0.5) is 0 Å². The van der Waals surface area contributed by atoms with Crippen molar-refractivity contribution in [2.75, 3.05) is 0 Å². The molecule has 0 aliphatic heterocycles. The van der Waals surface area contributed by atoms with Gasteiger partial charge in [-0.15, -0.1) is 53.6 Å². The number of pyridine rings is 3. The van der Waals surface area contributed by atoms with E-state index in [0.717, 1.165) is 78.2 Å². The van der Waals surface area contributed by atoms with Gasteiger partial charge in [0, 0.05) is 48.8 Å². The summed E-state index contributed by atoms with van der Waals surface area (Å²) in [6.07, 6.45) is 4.00. The molecule has 329 valence electrons. The van der Waals surface area contributed by atoms with E-state index in [1.54, 1.807) is 0 Å². The molecule has 6 nitrogen and oxygen atoms in total. The first-order valence-electron chi connectivity index (χ1n) is 22.2. The minimum Gasteiger partial charge on any atom is -0.486 e. The molecule has 0 spiro atoms. The van der Waals surface area contributed by atoms with Crippen molar-refractivity contribution in [1.29, 1.82) is 0 Å². The predicted octanol–water partition coefficient (Wildman–Crippen LogP) is 14.4. The van der Waals surface area contributed by atoms with Crippen LogP contribution in [0, 0.1) is 32.9 Å². The van der Waals surface area contributed by atoms with Gasteiger partial charge in [0.2, 0.25) is 5.71 Å². The molecule has 8 heteroatoms. The third-order valence-electron chi connectivity index (χ3n) is 12.1. The number of aryl methyl sites for hydroxylation is 3. The average Bonchev–Trinajstić information content (AvgIpc) is 3.82. The Morgan fingerprint density at radius 2 is 1.47 bits per heavy atom. The summed E-state index contributed by atoms with van der Waals surface area (Å²) < 4.78 is 8.85. The molecule has 0 aliphatic carbocycles. The van der Waals surface area contributed by atoms with Gasteiger partial charge in [-0.2, -0.15) is 0 Å². The van der Waals surface area contributed by atoms with Gasteiger partial charge in [-0.25, -0.2) is 4.98 Å². The van der Waals surface area contributed by atoms with Gasteiger partial charge in [-0.05, 0) is 88.5 Å². The van der Waals surface area contributed by atoms with E-state index in [4.69, 9.17) is 19.4 Å². The summed E-state index contributed by atoms with van der Waals surface area (Å²) in [6, 6.07) is 40.9. The molecule has 0 bridgehead atoms. The third-order valence-corrected chi connectivity index (χ3v) is 14.1. The molecule has 9 aromatic rings. The summed E-state index contributed by atoms with van der Waals surface area (Å²) in [5, 5.41) is 3.55. The van der Waals surface area contributed by atoms with Crippen molar-refractivity contribution in [2.45, 2.75) is 106 Å². The van der Waals surface area contributed by atoms with Gasteiger partial charge in [0.15, 0.2) is 0 Å². The second-order valence-electron chi connectivity index (χ2n) is 19.6. The summed E-state index contributed by atoms with van der Waals surface area (Å²) in [6.45, 7) is 29.0. The fourth-order valence-corrected chi connectivity index (χ4v) is 10.1. The van der Waals surface area contributed by atoms with Crippen molar-refractivity contribution in [3.63, 3.8) is 0 Å². The smallest absolute Gasteiger partial charge is 0.216 e. The first-order chi connectivity index (χ1) is 29.9. The molecule has 0 saturated heterocycles. The number of furan rings is 1. The first-order valence-corrected chi connectivity index (χ1v) is 25.7. The quantitative estimate of drug-likeness (QED) is 0.117. The van der Waals surface area contributed by atoms with E-state index in [1.165, 1.54) is 27.4 Å². The van der Waals surface area contributed by atoms with Crippen molar-refractivity contribution in [2.24, 2.45) is 0 Å². The standard InChI is InChI=1S/C39H37N4O.C17H22NSi.Ir/c1-22(2)31-20-34-32(21-40-31)42-37(28-16-14-23(3)35-29-18-24(4)25(5)41-38(29)44-36(28)35)43(34)33-17-15-27(19-30(33)39(6,7)8)26-12-10-9-11-13-26;1-13(2)15-11-16(14-9-7-6-8-10-14)18-12-17(15)19(3,4)5;/h9-15,17-22H,1-8H3;6-9,11-13H,1-5H3;/q2*-1;. The summed E-state index contributed by atoms with van der Waals surface area (Å²) in [4.78, 5) is 19.5. The third kappa shape index (κ3) is 9.06. The molecule has 0 amide bonds. The van der Waals surface area contributed by atoms with Crippen LogP contribution in [-0.4, -0.2) is 32.6 Å². The number of nitrogens with zero attached hydrogens (tertiary/aromatic N) is 5. The van der Waals surface area contributed by atoms with Crippen LogP contribution in [0.5, 0.6) is 0 Å². The van der Waals surface area contributed by atoms with Crippen LogP contribution >= 0.6 is 0 Å². The zero-order valence-electron chi connectivity index (χ0n) is 39.5. The number of aromatic nitrogens is 5. The average molecular weight is 1040 g/mol. The van der Waals surface area contributed by atoms with Crippen LogP contribution in [0.25, 0.3) is 72.6 Å². The van der Waals surface area contributed by atoms with Crippen molar-refractivity contribution in [3.05, 3.63) is 155 Å². The van der Waals surface area contributed by atoms with E-state index in [2.05, 4.69) is 183 Å². The molecule has 0 N–H and O–H groups in total. The molecule has 0 saturated carbocycles. The van der Waals surface area contributed by atoms with Gasteiger partial charge in [-0.3, -0.25) is 9.97 Å². The largest absolute Gasteiger partial charge is 0.486 e. The molecular weight excluding hydrogens is 979 g/mol. The summed E-state index contributed by atoms with van der Waals surface area (Å²) >= 11 is 0. The first kappa shape index (κ1) is 46.5. The van der Waals surface area contributed by atoms with E-state index < -0.39 is 8.07 Å². The van der Waals surface area contributed by atoms with Crippen LogP contribution in [-0.2, 0) is 25.5 Å². The number of rotatable bonds is 7. The molecule has 1 radical (unpaired) electrons. The van der Waals surface area contributed by atoms with Gasteiger partial charge in [-0.1, -0.05) is 134 Å². The van der Waals surface area contributed by atoms with E-state index >= 15 is 0 Å². The maximum atomic E-state index is 6.57. The van der Waals surface area contributed by atoms with Crippen molar-refractivity contribution < 1.29 is 24.5 Å². The summed E-state index contributed by atoms with van der Waals surface area (Å²) in [5.41, 5.74) is 16.4. The molecule has 5 aromatic heterocycles. The number of fused-ring (bicyclic) bond motifs is 4. The molecule has 64 heavy (non-hydrogen) atoms. The van der Waals surface area contributed by atoms with E-state index in [-0.39, 0.29) is 31.4 Å². The van der Waals surface area contributed by atoms with E-state index in [1.807, 2.05) is 37.4 Å². The summed E-state index contributed by atoms with van der Waals surface area (Å²) in [5.74, 6) is 1.59. The van der Waals surface area contributed by atoms with Gasteiger partial charge in [0.1, 0.15) is 0 Å². The molecule has 5 heterocycles. The Hall–Kier alpha value is -5.53. The second-order valence-corrected chi connectivity index (χ2v) is 24.6. The molecule has 9 rings (SSSR count). The van der Waals surface area contributed by atoms with Gasteiger partial charge < -0.3 is 14.0 Å². The maximum absolute atomic E-state index is 6.57. The van der Waals surface area contributed by atoms with Crippen LogP contribution < -0.4 is 5.19 Å². The van der Waals surface area contributed by atoms with Crippen molar-refractivity contribution >= 4 is 46.4 Å². The number of hydrogen-bond acceptors (Lipinski definition) is 5. The Bertz CT molecular complexity index is 3120. The SMILES string of the molecule is CC(C)c1cc(-c2[c-]cccc2)ncc1[Si](C)(C)C.Cc1cc2c(nc1C)oc1c(-c3nc4cnc(C(C)C)cc4n3-c3ccc(-c4ccccc4)cc3C(C)(C)C)[c-]cc(C)c12.[Ir]. The fourth-order valence-electron chi connectivity index (χ4n) is 8.40. The normalized spacial score (nSPS) is 12.0. The van der Waals surface area contributed by atoms with Gasteiger partial charge in [0.05, 0.1) is 36.7 Å². The van der Waals surface area contributed by atoms with Crippen molar-refractivity contribution in [1.82, 2.24) is 24.5 Å². The zero-order chi connectivity index (χ0) is 45.0. The monoisotopic (exact) mass is 1040 g/mol. The fraction of sp³-hybridized carbons (Fsp3) is 0.286. The molecule has 0 aliphatic rings. The molecule has 0 fully saturated rings. The van der Waals surface area contributed by atoms with E-state index in [0.29, 0.717) is 11.6 Å². The Balaban J connectivity index is 0.000000258. The molecule has 0 atom stereocenters. The van der Waals surface area contributed by atoms with Crippen molar-refractivity contribution in [3.8, 4) is 39.5 Å². The Morgan fingerprint density at radius 3 is 2.12 bits per heavy atom. The van der Waals surface area contributed by atoms with E-state index in [9.17, 15) is 0 Å². The van der Waals surface area contributed by atoms with Crippen LogP contribution in [0.3, 0.4) is 0 Å². The van der Waals surface area contributed by atoms with Crippen LogP contribution in [0.15, 0.2) is 114 Å². The van der Waals surface area contributed by atoms with Gasteiger partial charge >= 0.3 is 0 Å². The zero-order valence-corrected chi connectivity index (χ0v) is 42.9. The predicted molar refractivity (Wildman–Crippen MR) is 266 cm³/mol. The Morgan fingerprint density at radius 1 is 0.734 bits per heavy atom. The Kier molecular flexibility index (Phi) is 13.2. The minimum atomic E-state index is -1.34. The molecule has 4 aromatic carbocycles. The number of hydrogen-bond donors (Lipinski definition) is 0. The minimum absolute atomic E-state index is 0. The molecule has 0 unspecified atom stereocenters. The maximum Gasteiger partial charge on any atom is 0.216 e. The number of benzene rings is 4. The molecular formula is C56H59IrN5OSi-2. The van der Waals surface area contributed by atoms with Crippen LogP contribution in [0.1, 0.15) is 93.9 Å². The Labute approximate surface area is 394 Å².